The number of thiazole rings is 1. The van der Waals surface area contributed by atoms with E-state index in [0.29, 0.717) is 6.42 Å². The number of aliphatic hydroxyl groups is 1. The van der Waals surface area contributed by atoms with Crippen LogP contribution in [0, 0.1) is 13.8 Å². The highest BCUT2D eigenvalue weighted by Gasteiger charge is 2.15. The zero-order valence-electron chi connectivity index (χ0n) is 10.1. The minimum atomic E-state index is -0.431. The molecule has 0 aliphatic carbocycles. The molecule has 1 unspecified atom stereocenters. The van der Waals surface area contributed by atoms with Gasteiger partial charge >= 0.3 is 0 Å². The van der Waals surface area contributed by atoms with Gasteiger partial charge in [0.1, 0.15) is 0 Å². The molecule has 2 nitrogen and oxygen atoms in total. The lowest BCUT2D eigenvalue weighted by Crippen LogP contribution is -1.98. The Labute approximate surface area is 118 Å². The number of fused-ring (bicyclic) bond motifs is 1. The van der Waals surface area contributed by atoms with Crippen molar-refractivity contribution >= 4 is 43.4 Å². The summed E-state index contributed by atoms with van der Waals surface area (Å²) in [4.78, 5) is 6.77. The molecule has 1 atom stereocenters. The first kappa shape index (κ1) is 12.3. The van der Waals surface area contributed by atoms with Crippen molar-refractivity contribution in [3.05, 3.63) is 38.0 Å². The fourth-order valence-electron chi connectivity index (χ4n) is 1.84. The Morgan fingerprint density at radius 1 is 1.28 bits per heavy atom. The largest absolute Gasteiger partial charge is 0.387 e. The van der Waals surface area contributed by atoms with E-state index in [2.05, 4.69) is 29.4 Å². The van der Waals surface area contributed by atoms with Gasteiger partial charge in [0, 0.05) is 25.6 Å². The van der Waals surface area contributed by atoms with Crippen molar-refractivity contribution in [2.45, 2.75) is 26.4 Å². The van der Waals surface area contributed by atoms with Crippen LogP contribution in [0.25, 0.3) is 9.40 Å². The first-order chi connectivity index (χ1) is 8.63. The highest BCUT2D eigenvalue weighted by atomic mass is 32.1. The molecular formula is C13H13NOS3. The number of aliphatic hydroxyl groups excluding tert-OH is 1. The maximum atomic E-state index is 10.3. The normalized spacial score (nSPS) is 13.3. The summed E-state index contributed by atoms with van der Waals surface area (Å²) in [6.45, 7) is 4.09. The second-order valence-electron chi connectivity index (χ2n) is 4.27. The molecule has 0 aliphatic rings. The van der Waals surface area contributed by atoms with Crippen LogP contribution < -0.4 is 0 Å². The van der Waals surface area contributed by atoms with Gasteiger partial charge in [-0.25, -0.2) is 4.98 Å². The van der Waals surface area contributed by atoms with Crippen LogP contribution in [0.15, 0.2) is 17.5 Å². The minimum Gasteiger partial charge on any atom is -0.387 e. The molecule has 0 amide bonds. The van der Waals surface area contributed by atoms with Crippen molar-refractivity contribution in [2.75, 3.05) is 0 Å². The zero-order valence-corrected chi connectivity index (χ0v) is 12.6. The van der Waals surface area contributed by atoms with E-state index in [0.717, 1.165) is 15.6 Å². The number of hydrogen-bond donors (Lipinski definition) is 1. The first-order valence-corrected chi connectivity index (χ1v) is 8.22. The maximum Gasteiger partial charge on any atom is 0.0960 e. The minimum absolute atomic E-state index is 0.431. The van der Waals surface area contributed by atoms with Gasteiger partial charge in [-0.15, -0.1) is 34.0 Å². The molecule has 0 fully saturated rings. The Bertz CT molecular complexity index is 631. The van der Waals surface area contributed by atoms with Crippen LogP contribution in [0.5, 0.6) is 0 Å². The summed E-state index contributed by atoms with van der Waals surface area (Å²) < 4.78 is 2.53. The van der Waals surface area contributed by atoms with Crippen molar-refractivity contribution in [2.24, 2.45) is 0 Å². The molecule has 0 saturated heterocycles. The van der Waals surface area contributed by atoms with Crippen LogP contribution in [0.1, 0.15) is 26.6 Å². The summed E-state index contributed by atoms with van der Waals surface area (Å²) in [6.07, 6.45) is 0.187. The lowest BCUT2D eigenvalue weighted by Gasteiger charge is -2.05. The Morgan fingerprint density at radius 3 is 2.78 bits per heavy atom. The zero-order chi connectivity index (χ0) is 12.7. The van der Waals surface area contributed by atoms with Crippen LogP contribution in [0.2, 0.25) is 0 Å². The van der Waals surface area contributed by atoms with E-state index < -0.39 is 6.10 Å². The van der Waals surface area contributed by atoms with Gasteiger partial charge in [0.2, 0.25) is 0 Å². The molecule has 3 aromatic heterocycles. The lowest BCUT2D eigenvalue weighted by atomic mass is 10.2. The molecule has 94 valence electrons. The molecule has 18 heavy (non-hydrogen) atoms. The van der Waals surface area contributed by atoms with Gasteiger partial charge in [0.15, 0.2) is 0 Å². The monoisotopic (exact) mass is 295 g/mol. The van der Waals surface area contributed by atoms with Crippen molar-refractivity contribution in [1.29, 1.82) is 0 Å². The second-order valence-corrected chi connectivity index (χ2v) is 7.62. The van der Waals surface area contributed by atoms with Gasteiger partial charge in [0.25, 0.3) is 0 Å². The number of aromatic nitrogens is 1. The van der Waals surface area contributed by atoms with Gasteiger partial charge in [-0.2, -0.15) is 0 Å². The quantitative estimate of drug-likeness (QED) is 0.781. The molecule has 0 saturated carbocycles. The Hall–Kier alpha value is -0.750. The topological polar surface area (TPSA) is 33.1 Å². The molecule has 3 aromatic rings. The van der Waals surface area contributed by atoms with Gasteiger partial charge in [-0.1, -0.05) is 0 Å². The van der Waals surface area contributed by atoms with Crippen LogP contribution in [-0.4, -0.2) is 10.1 Å². The van der Waals surface area contributed by atoms with Crippen LogP contribution in [0.4, 0.5) is 0 Å². The number of nitrogens with zero attached hydrogens (tertiary/aromatic N) is 1. The third-order valence-electron chi connectivity index (χ3n) is 2.93. The van der Waals surface area contributed by atoms with Gasteiger partial charge in [-0.05, 0) is 31.4 Å². The molecule has 0 spiro atoms. The summed E-state index contributed by atoms with van der Waals surface area (Å²) >= 11 is 5.09. The van der Waals surface area contributed by atoms with E-state index >= 15 is 0 Å². The molecule has 3 rings (SSSR count). The fourth-order valence-corrected chi connectivity index (χ4v) is 4.92. The Morgan fingerprint density at radius 2 is 2.11 bits per heavy atom. The van der Waals surface area contributed by atoms with Crippen molar-refractivity contribution in [3.8, 4) is 0 Å². The molecule has 0 aliphatic heterocycles. The molecule has 0 radical (unpaired) electrons. The number of thiophene rings is 2. The molecular weight excluding hydrogens is 282 g/mol. The van der Waals surface area contributed by atoms with Gasteiger partial charge in [0.05, 0.1) is 16.8 Å². The second kappa shape index (κ2) is 4.74. The highest BCUT2D eigenvalue weighted by molar-refractivity contribution is 7.26. The summed E-state index contributed by atoms with van der Waals surface area (Å²) in [7, 11) is 0. The molecule has 0 bridgehead atoms. The van der Waals surface area contributed by atoms with E-state index in [1.54, 1.807) is 34.0 Å². The van der Waals surface area contributed by atoms with Crippen molar-refractivity contribution in [1.82, 2.24) is 4.98 Å². The average Bonchev–Trinajstić information content (AvgIpc) is 2.94. The van der Waals surface area contributed by atoms with Crippen molar-refractivity contribution in [3.63, 3.8) is 0 Å². The van der Waals surface area contributed by atoms with Crippen LogP contribution >= 0.6 is 34.0 Å². The summed E-state index contributed by atoms with van der Waals surface area (Å²) in [5.74, 6) is 0. The van der Waals surface area contributed by atoms with E-state index in [1.807, 2.05) is 6.92 Å². The third kappa shape index (κ3) is 2.23. The highest BCUT2D eigenvalue weighted by Crippen LogP contribution is 2.35. The standard InChI is InChI=1S/C13H13NOS3/c1-7-8(2)17-13(14-7)5-9(15)11-6-12-10(18-11)3-4-16-12/h3-4,6,9,15H,5H2,1-2H3. The van der Waals surface area contributed by atoms with Crippen molar-refractivity contribution < 1.29 is 5.11 Å². The lowest BCUT2D eigenvalue weighted by molar-refractivity contribution is 0.182. The fraction of sp³-hybridized carbons (Fsp3) is 0.308. The Kier molecular flexibility index (Phi) is 3.23. The first-order valence-electron chi connectivity index (χ1n) is 5.71. The molecule has 3 heterocycles. The number of hydrogen-bond acceptors (Lipinski definition) is 5. The van der Waals surface area contributed by atoms with E-state index in [9.17, 15) is 5.11 Å². The summed E-state index contributed by atoms with van der Waals surface area (Å²) in [5, 5.41) is 13.4. The van der Waals surface area contributed by atoms with Crippen LogP contribution in [0.3, 0.4) is 0 Å². The third-order valence-corrected chi connectivity index (χ3v) is 6.22. The summed E-state index contributed by atoms with van der Waals surface area (Å²) in [5.41, 5.74) is 1.08. The van der Waals surface area contributed by atoms with Crippen LogP contribution in [-0.2, 0) is 6.42 Å². The number of aryl methyl sites for hydroxylation is 2. The van der Waals surface area contributed by atoms with Gasteiger partial charge < -0.3 is 5.11 Å². The van der Waals surface area contributed by atoms with Gasteiger partial charge in [-0.3, -0.25) is 0 Å². The smallest absolute Gasteiger partial charge is 0.0960 e. The Balaban J connectivity index is 1.82. The molecule has 5 heteroatoms. The molecule has 1 N–H and O–H groups in total. The van der Waals surface area contributed by atoms with E-state index in [1.165, 1.54) is 14.3 Å². The maximum absolute atomic E-state index is 10.3. The average molecular weight is 295 g/mol. The summed E-state index contributed by atoms with van der Waals surface area (Å²) in [6, 6.07) is 4.21. The predicted molar refractivity (Wildman–Crippen MR) is 80.0 cm³/mol. The molecule has 0 aromatic carbocycles. The van der Waals surface area contributed by atoms with E-state index in [4.69, 9.17) is 0 Å². The van der Waals surface area contributed by atoms with E-state index in [-0.39, 0.29) is 0 Å². The predicted octanol–water partition coefficient (Wildman–Crippen LogP) is 4.31. The SMILES string of the molecule is Cc1nc(CC(O)c2cc3sccc3s2)sc1C. The number of rotatable bonds is 3.